The first-order valence-corrected chi connectivity index (χ1v) is 6.98. The third-order valence-electron chi connectivity index (χ3n) is 3.46. The number of hydrogen-bond donors (Lipinski definition) is 2. The van der Waals surface area contributed by atoms with Gasteiger partial charge in [-0.05, 0) is 38.1 Å². The van der Waals surface area contributed by atoms with E-state index >= 15 is 0 Å². The highest BCUT2D eigenvalue weighted by Gasteiger charge is 2.15. The zero-order valence-corrected chi connectivity index (χ0v) is 13.4. The summed E-state index contributed by atoms with van der Waals surface area (Å²) in [6.07, 6.45) is 0. The van der Waals surface area contributed by atoms with Crippen LogP contribution in [0.1, 0.15) is 27.4 Å². The van der Waals surface area contributed by atoms with Gasteiger partial charge in [0.05, 0.1) is 5.56 Å². The molecule has 0 atom stereocenters. The third kappa shape index (κ3) is 3.43. The van der Waals surface area contributed by atoms with Gasteiger partial charge < -0.3 is 19.8 Å². The Bertz CT molecular complexity index is 682. The van der Waals surface area contributed by atoms with E-state index in [-0.39, 0.29) is 18.3 Å². The molecule has 0 aliphatic carbocycles. The summed E-state index contributed by atoms with van der Waals surface area (Å²) in [6.45, 7) is 5.84. The van der Waals surface area contributed by atoms with Crippen molar-refractivity contribution in [1.82, 2.24) is 5.32 Å². The van der Waals surface area contributed by atoms with Gasteiger partial charge in [-0.15, -0.1) is 12.4 Å². The Hall–Kier alpha value is -1.98. The highest BCUT2D eigenvalue weighted by Crippen LogP contribution is 2.25. The predicted octanol–water partition coefficient (Wildman–Crippen LogP) is 3.05. The fourth-order valence-electron chi connectivity index (χ4n) is 2.45. The average Bonchev–Trinajstić information content (AvgIpc) is 2.66. The summed E-state index contributed by atoms with van der Waals surface area (Å²) in [7, 11) is 0. The van der Waals surface area contributed by atoms with E-state index in [2.05, 4.69) is 10.6 Å². The molecule has 1 aromatic carbocycles. The Morgan fingerprint density at radius 2 is 2.09 bits per heavy atom. The molecule has 0 bridgehead atoms. The van der Waals surface area contributed by atoms with Crippen LogP contribution in [0.2, 0.25) is 0 Å². The summed E-state index contributed by atoms with van der Waals surface area (Å²) < 4.78 is 11.0. The van der Waals surface area contributed by atoms with Crippen LogP contribution >= 0.6 is 12.4 Å². The number of anilines is 1. The topological polar surface area (TPSA) is 63.5 Å². The number of furan rings is 1. The van der Waals surface area contributed by atoms with Crippen LogP contribution in [0.15, 0.2) is 28.7 Å². The van der Waals surface area contributed by atoms with Crippen LogP contribution in [0.4, 0.5) is 5.69 Å². The van der Waals surface area contributed by atoms with Crippen molar-refractivity contribution in [2.24, 2.45) is 0 Å². The van der Waals surface area contributed by atoms with Crippen molar-refractivity contribution >= 4 is 24.0 Å². The van der Waals surface area contributed by atoms with E-state index in [1.165, 1.54) is 0 Å². The smallest absolute Gasteiger partial charge is 0.259 e. The van der Waals surface area contributed by atoms with Gasteiger partial charge in [-0.2, -0.15) is 0 Å². The van der Waals surface area contributed by atoms with E-state index in [1.54, 1.807) is 13.0 Å². The van der Waals surface area contributed by atoms with Gasteiger partial charge in [-0.3, -0.25) is 4.79 Å². The van der Waals surface area contributed by atoms with Gasteiger partial charge in [0.2, 0.25) is 0 Å². The Labute approximate surface area is 135 Å². The molecule has 0 fully saturated rings. The molecule has 0 saturated heterocycles. The number of carbonyl (C=O) groups excluding carboxylic acids is 1. The van der Waals surface area contributed by atoms with E-state index in [4.69, 9.17) is 9.15 Å². The lowest BCUT2D eigenvalue weighted by Gasteiger charge is -2.10. The largest absolute Gasteiger partial charge is 0.492 e. The molecule has 0 saturated carbocycles. The number of hydrogen-bond acceptors (Lipinski definition) is 4. The molecule has 0 spiro atoms. The zero-order valence-electron chi connectivity index (χ0n) is 12.6. The summed E-state index contributed by atoms with van der Waals surface area (Å²) in [5.41, 5.74) is 2.37. The SMILES string of the molecule is Cc1cc(C(=O)Nc2ccc3c(c2)CNCCO3)c(C)o1.Cl. The summed E-state index contributed by atoms with van der Waals surface area (Å²) in [4.78, 5) is 12.3. The van der Waals surface area contributed by atoms with Crippen molar-refractivity contribution in [2.45, 2.75) is 20.4 Å². The molecular formula is C16H19ClN2O3. The minimum Gasteiger partial charge on any atom is -0.492 e. The van der Waals surface area contributed by atoms with Crippen LogP contribution in [0, 0.1) is 13.8 Å². The maximum atomic E-state index is 12.3. The summed E-state index contributed by atoms with van der Waals surface area (Å²) in [6, 6.07) is 7.43. The van der Waals surface area contributed by atoms with Crippen LogP contribution in [-0.2, 0) is 6.54 Å². The van der Waals surface area contributed by atoms with Crippen molar-refractivity contribution in [3.63, 3.8) is 0 Å². The number of halogens is 1. The van der Waals surface area contributed by atoms with Crippen molar-refractivity contribution in [3.8, 4) is 5.75 Å². The highest BCUT2D eigenvalue weighted by molar-refractivity contribution is 6.05. The molecular weight excluding hydrogens is 304 g/mol. The number of carbonyl (C=O) groups is 1. The van der Waals surface area contributed by atoms with E-state index in [0.717, 1.165) is 35.9 Å². The second-order valence-corrected chi connectivity index (χ2v) is 5.13. The number of amides is 1. The Morgan fingerprint density at radius 3 is 2.82 bits per heavy atom. The average molecular weight is 323 g/mol. The summed E-state index contributed by atoms with van der Waals surface area (Å²) in [5.74, 6) is 2.07. The molecule has 1 aromatic heterocycles. The van der Waals surface area contributed by atoms with Gasteiger partial charge in [-0.25, -0.2) is 0 Å². The van der Waals surface area contributed by atoms with Crippen LogP contribution in [-0.4, -0.2) is 19.1 Å². The van der Waals surface area contributed by atoms with Gasteiger partial charge in [0, 0.05) is 24.3 Å². The molecule has 118 valence electrons. The van der Waals surface area contributed by atoms with Crippen molar-refractivity contribution in [3.05, 3.63) is 46.9 Å². The molecule has 5 nitrogen and oxygen atoms in total. The lowest BCUT2D eigenvalue weighted by Crippen LogP contribution is -2.16. The van der Waals surface area contributed by atoms with Crippen LogP contribution in [0.5, 0.6) is 5.75 Å². The second-order valence-electron chi connectivity index (χ2n) is 5.13. The first-order valence-electron chi connectivity index (χ1n) is 6.98. The molecule has 2 heterocycles. The molecule has 1 aliphatic heterocycles. The normalized spacial score (nSPS) is 13.4. The Balaban J connectivity index is 0.00000176. The van der Waals surface area contributed by atoms with E-state index in [1.807, 2.05) is 25.1 Å². The van der Waals surface area contributed by atoms with Crippen molar-refractivity contribution in [2.75, 3.05) is 18.5 Å². The monoisotopic (exact) mass is 322 g/mol. The molecule has 6 heteroatoms. The van der Waals surface area contributed by atoms with Crippen LogP contribution in [0.3, 0.4) is 0 Å². The van der Waals surface area contributed by atoms with Crippen LogP contribution in [0.25, 0.3) is 0 Å². The van der Waals surface area contributed by atoms with Crippen LogP contribution < -0.4 is 15.4 Å². The lowest BCUT2D eigenvalue weighted by molar-refractivity contribution is 0.102. The van der Waals surface area contributed by atoms with Crippen molar-refractivity contribution < 1.29 is 13.9 Å². The minimum atomic E-state index is -0.160. The van der Waals surface area contributed by atoms with Gasteiger partial charge >= 0.3 is 0 Å². The molecule has 1 amide bonds. The fourth-order valence-corrected chi connectivity index (χ4v) is 2.45. The Kier molecular flexibility index (Phi) is 5.11. The number of aryl methyl sites for hydroxylation is 2. The lowest BCUT2D eigenvalue weighted by atomic mass is 10.1. The highest BCUT2D eigenvalue weighted by atomic mass is 35.5. The number of rotatable bonds is 2. The van der Waals surface area contributed by atoms with Gasteiger partial charge in [0.15, 0.2) is 0 Å². The quantitative estimate of drug-likeness (QED) is 0.892. The maximum Gasteiger partial charge on any atom is 0.259 e. The molecule has 3 rings (SSSR count). The second kappa shape index (κ2) is 6.85. The molecule has 1 aliphatic rings. The van der Waals surface area contributed by atoms with Gasteiger partial charge in [0.25, 0.3) is 5.91 Å². The standard InChI is InChI=1S/C16H18N2O3.ClH/c1-10-7-14(11(2)21-10)16(19)18-13-3-4-15-12(8-13)9-17-5-6-20-15;/h3-4,7-8,17H,5-6,9H2,1-2H3,(H,18,19);1H. The number of benzene rings is 1. The first-order chi connectivity index (χ1) is 10.1. The van der Waals surface area contributed by atoms with E-state index in [0.29, 0.717) is 17.9 Å². The summed E-state index contributed by atoms with van der Waals surface area (Å²) >= 11 is 0. The van der Waals surface area contributed by atoms with Gasteiger partial charge in [0.1, 0.15) is 23.9 Å². The van der Waals surface area contributed by atoms with E-state index in [9.17, 15) is 4.79 Å². The van der Waals surface area contributed by atoms with Crippen molar-refractivity contribution in [1.29, 1.82) is 0 Å². The molecule has 0 radical (unpaired) electrons. The maximum absolute atomic E-state index is 12.3. The van der Waals surface area contributed by atoms with Gasteiger partial charge in [-0.1, -0.05) is 0 Å². The third-order valence-corrected chi connectivity index (χ3v) is 3.46. The predicted molar refractivity (Wildman–Crippen MR) is 87.0 cm³/mol. The zero-order chi connectivity index (χ0) is 14.8. The minimum absolute atomic E-state index is 0. The fraction of sp³-hybridized carbons (Fsp3) is 0.312. The number of ether oxygens (including phenoxy) is 1. The Morgan fingerprint density at radius 1 is 1.27 bits per heavy atom. The first kappa shape index (κ1) is 16.4. The number of nitrogens with one attached hydrogen (secondary N) is 2. The number of fused-ring (bicyclic) bond motifs is 1. The molecule has 2 N–H and O–H groups in total. The molecule has 2 aromatic rings. The molecule has 22 heavy (non-hydrogen) atoms. The molecule has 0 unspecified atom stereocenters. The van der Waals surface area contributed by atoms with E-state index < -0.39 is 0 Å². The summed E-state index contributed by atoms with van der Waals surface area (Å²) in [5, 5.41) is 6.18.